The zero-order valence-electron chi connectivity index (χ0n) is 11.5. The standard InChI is InChI=1S/C15H16Cl2N2O/c1-3-19-14(15(17)10(2)18-19)9-13(20)8-11-5-4-6-12(16)7-11/h4-7H,3,8-9H2,1-2H3. The van der Waals surface area contributed by atoms with Crippen molar-refractivity contribution in [2.45, 2.75) is 33.2 Å². The van der Waals surface area contributed by atoms with Crippen molar-refractivity contribution in [2.24, 2.45) is 0 Å². The number of benzene rings is 1. The normalized spacial score (nSPS) is 10.8. The lowest BCUT2D eigenvalue weighted by molar-refractivity contribution is -0.117. The molecule has 0 aliphatic rings. The van der Waals surface area contributed by atoms with Crippen LogP contribution in [0.1, 0.15) is 23.9 Å². The molecule has 1 aromatic heterocycles. The van der Waals surface area contributed by atoms with Crippen molar-refractivity contribution in [2.75, 3.05) is 0 Å². The van der Waals surface area contributed by atoms with Gasteiger partial charge in [-0.3, -0.25) is 9.48 Å². The summed E-state index contributed by atoms with van der Waals surface area (Å²) < 4.78 is 1.79. The third-order valence-electron chi connectivity index (χ3n) is 3.11. The molecule has 1 heterocycles. The molecule has 20 heavy (non-hydrogen) atoms. The van der Waals surface area contributed by atoms with Crippen LogP contribution in [-0.4, -0.2) is 15.6 Å². The van der Waals surface area contributed by atoms with Gasteiger partial charge in [-0.15, -0.1) is 0 Å². The number of Topliss-reactive ketones (excluding diaryl/α,β-unsaturated/α-hetero) is 1. The number of carbonyl (C=O) groups is 1. The smallest absolute Gasteiger partial charge is 0.143 e. The van der Waals surface area contributed by atoms with E-state index >= 15 is 0 Å². The molecule has 1 aromatic carbocycles. The molecular weight excluding hydrogens is 295 g/mol. The van der Waals surface area contributed by atoms with Gasteiger partial charge in [0.2, 0.25) is 0 Å². The van der Waals surface area contributed by atoms with Gasteiger partial charge in [0, 0.05) is 18.0 Å². The topological polar surface area (TPSA) is 34.9 Å². The summed E-state index contributed by atoms with van der Waals surface area (Å²) in [4.78, 5) is 12.2. The maximum Gasteiger partial charge on any atom is 0.143 e. The zero-order valence-corrected chi connectivity index (χ0v) is 13.0. The fourth-order valence-corrected chi connectivity index (χ4v) is 2.58. The van der Waals surface area contributed by atoms with Gasteiger partial charge in [0.05, 0.1) is 22.8 Å². The minimum atomic E-state index is 0.101. The summed E-state index contributed by atoms with van der Waals surface area (Å²) in [7, 11) is 0. The average molecular weight is 311 g/mol. The van der Waals surface area contributed by atoms with Crippen molar-refractivity contribution in [3.8, 4) is 0 Å². The molecule has 0 saturated carbocycles. The molecule has 0 aliphatic carbocycles. The van der Waals surface area contributed by atoms with Crippen LogP contribution in [0.25, 0.3) is 0 Å². The van der Waals surface area contributed by atoms with E-state index in [1.807, 2.05) is 32.0 Å². The quantitative estimate of drug-likeness (QED) is 0.840. The Kier molecular flexibility index (Phi) is 4.84. The molecule has 0 N–H and O–H groups in total. The number of hydrogen-bond acceptors (Lipinski definition) is 2. The van der Waals surface area contributed by atoms with Gasteiger partial charge in [-0.25, -0.2) is 0 Å². The zero-order chi connectivity index (χ0) is 14.7. The van der Waals surface area contributed by atoms with Crippen molar-refractivity contribution < 1.29 is 4.79 Å². The molecule has 2 rings (SSSR count). The Balaban J connectivity index is 2.12. The summed E-state index contributed by atoms with van der Waals surface area (Å²) in [6.07, 6.45) is 0.644. The third kappa shape index (κ3) is 3.41. The van der Waals surface area contributed by atoms with Gasteiger partial charge in [0.1, 0.15) is 5.78 Å². The fourth-order valence-electron chi connectivity index (χ4n) is 2.16. The largest absolute Gasteiger partial charge is 0.299 e. The average Bonchev–Trinajstić information content (AvgIpc) is 2.66. The molecule has 0 atom stereocenters. The van der Waals surface area contributed by atoms with Gasteiger partial charge in [-0.2, -0.15) is 5.10 Å². The Labute approximate surface area is 128 Å². The van der Waals surface area contributed by atoms with Crippen LogP contribution in [0.15, 0.2) is 24.3 Å². The van der Waals surface area contributed by atoms with E-state index in [0.29, 0.717) is 29.4 Å². The van der Waals surface area contributed by atoms with Crippen LogP contribution in [0, 0.1) is 6.92 Å². The van der Waals surface area contributed by atoms with Crippen molar-refractivity contribution in [3.63, 3.8) is 0 Å². The van der Waals surface area contributed by atoms with Gasteiger partial charge in [-0.05, 0) is 31.5 Å². The van der Waals surface area contributed by atoms with Crippen molar-refractivity contribution in [1.29, 1.82) is 0 Å². The van der Waals surface area contributed by atoms with Crippen LogP contribution in [0.4, 0.5) is 0 Å². The first-order valence-electron chi connectivity index (χ1n) is 6.49. The van der Waals surface area contributed by atoms with E-state index in [1.165, 1.54) is 0 Å². The number of rotatable bonds is 5. The fraction of sp³-hybridized carbons (Fsp3) is 0.333. The summed E-state index contributed by atoms with van der Waals surface area (Å²) in [5.74, 6) is 0.101. The first kappa shape index (κ1) is 15.1. The molecule has 5 heteroatoms. The Morgan fingerprint density at radius 2 is 2.05 bits per heavy atom. The predicted molar refractivity (Wildman–Crippen MR) is 81.5 cm³/mol. The lowest BCUT2D eigenvalue weighted by atomic mass is 10.1. The Bertz CT molecular complexity index is 635. The van der Waals surface area contributed by atoms with Gasteiger partial charge < -0.3 is 0 Å². The van der Waals surface area contributed by atoms with E-state index < -0.39 is 0 Å². The first-order valence-corrected chi connectivity index (χ1v) is 7.24. The van der Waals surface area contributed by atoms with Gasteiger partial charge in [0.15, 0.2) is 0 Å². The number of carbonyl (C=O) groups excluding carboxylic acids is 1. The second-order valence-electron chi connectivity index (χ2n) is 4.68. The summed E-state index contributed by atoms with van der Waals surface area (Å²) in [6.45, 7) is 4.53. The highest BCUT2D eigenvalue weighted by Crippen LogP contribution is 2.21. The molecule has 3 nitrogen and oxygen atoms in total. The molecule has 0 aliphatic heterocycles. The van der Waals surface area contributed by atoms with E-state index in [0.717, 1.165) is 17.0 Å². The number of ketones is 1. The maximum absolute atomic E-state index is 12.2. The summed E-state index contributed by atoms with van der Waals surface area (Å²) in [6, 6.07) is 7.34. The van der Waals surface area contributed by atoms with Crippen LogP contribution >= 0.6 is 23.2 Å². The summed E-state index contributed by atoms with van der Waals surface area (Å²) in [5, 5.41) is 5.54. The number of halogens is 2. The second kappa shape index (κ2) is 6.42. The number of aromatic nitrogens is 2. The van der Waals surface area contributed by atoms with Gasteiger partial charge in [0.25, 0.3) is 0 Å². The summed E-state index contributed by atoms with van der Waals surface area (Å²) in [5.41, 5.74) is 2.47. The molecule has 0 saturated heterocycles. The van der Waals surface area contributed by atoms with E-state index in [1.54, 1.807) is 10.7 Å². The third-order valence-corrected chi connectivity index (χ3v) is 3.83. The molecule has 0 spiro atoms. The van der Waals surface area contributed by atoms with E-state index in [2.05, 4.69) is 5.10 Å². The second-order valence-corrected chi connectivity index (χ2v) is 5.50. The maximum atomic E-state index is 12.2. The highest BCUT2D eigenvalue weighted by molar-refractivity contribution is 6.32. The van der Waals surface area contributed by atoms with Crippen LogP contribution in [0.3, 0.4) is 0 Å². The monoisotopic (exact) mass is 310 g/mol. The van der Waals surface area contributed by atoms with E-state index in [9.17, 15) is 4.79 Å². The summed E-state index contributed by atoms with van der Waals surface area (Å²) >= 11 is 12.1. The lowest BCUT2D eigenvalue weighted by Gasteiger charge is -2.05. The Morgan fingerprint density at radius 1 is 1.30 bits per heavy atom. The highest BCUT2D eigenvalue weighted by atomic mass is 35.5. The minimum Gasteiger partial charge on any atom is -0.299 e. The highest BCUT2D eigenvalue weighted by Gasteiger charge is 2.16. The first-order chi connectivity index (χ1) is 9.51. The van der Waals surface area contributed by atoms with Crippen molar-refractivity contribution in [3.05, 3.63) is 51.3 Å². The molecular formula is C15H16Cl2N2O. The van der Waals surface area contributed by atoms with Gasteiger partial charge >= 0.3 is 0 Å². The van der Waals surface area contributed by atoms with Crippen molar-refractivity contribution >= 4 is 29.0 Å². The molecule has 0 unspecified atom stereocenters. The predicted octanol–water partition coefficient (Wildman–Crippen LogP) is 3.87. The number of hydrogen-bond donors (Lipinski definition) is 0. The van der Waals surface area contributed by atoms with Crippen molar-refractivity contribution in [1.82, 2.24) is 9.78 Å². The van der Waals surface area contributed by atoms with E-state index in [-0.39, 0.29) is 5.78 Å². The van der Waals surface area contributed by atoms with E-state index in [4.69, 9.17) is 23.2 Å². The van der Waals surface area contributed by atoms with Crippen LogP contribution in [0.5, 0.6) is 0 Å². The Hall–Kier alpha value is -1.32. The lowest BCUT2D eigenvalue weighted by Crippen LogP contribution is -2.11. The molecule has 0 amide bonds. The minimum absolute atomic E-state index is 0.101. The SMILES string of the molecule is CCn1nc(C)c(Cl)c1CC(=O)Cc1cccc(Cl)c1. The molecule has 0 radical (unpaired) electrons. The molecule has 0 bridgehead atoms. The molecule has 106 valence electrons. The molecule has 0 fully saturated rings. The molecule has 2 aromatic rings. The van der Waals surface area contributed by atoms with Crippen LogP contribution in [0.2, 0.25) is 10.0 Å². The van der Waals surface area contributed by atoms with Gasteiger partial charge in [-0.1, -0.05) is 35.3 Å². The number of nitrogens with zero attached hydrogens (tertiary/aromatic N) is 2. The van der Waals surface area contributed by atoms with Crippen LogP contribution in [-0.2, 0) is 24.2 Å². The Morgan fingerprint density at radius 3 is 2.70 bits per heavy atom. The van der Waals surface area contributed by atoms with Crippen LogP contribution < -0.4 is 0 Å². The number of aryl methyl sites for hydroxylation is 2.